The summed E-state index contributed by atoms with van der Waals surface area (Å²) in [5, 5.41) is 7.05. The van der Waals surface area contributed by atoms with Gasteiger partial charge < -0.3 is 10.6 Å². The van der Waals surface area contributed by atoms with E-state index in [1.807, 2.05) is 23.9 Å². The molecule has 2 N–H and O–H groups in total. The highest BCUT2D eigenvalue weighted by Crippen LogP contribution is 2.31. The molecule has 1 aliphatic heterocycles. The number of halogens is 1. The predicted molar refractivity (Wildman–Crippen MR) is 118 cm³/mol. The molecule has 4 rings (SSSR count). The number of nitrogens with one attached hydrogen (secondary N) is 2. The third kappa shape index (κ3) is 4.78. The van der Waals surface area contributed by atoms with E-state index in [-0.39, 0.29) is 24.0 Å². The predicted octanol–water partition coefficient (Wildman–Crippen LogP) is 2.03. The maximum absolute atomic E-state index is 4.49. The maximum Gasteiger partial charge on any atom is 0.191 e. The summed E-state index contributed by atoms with van der Waals surface area (Å²) < 4.78 is 1.93. The van der Waals surface area contributed by atoms with E-state index in [0.29, 0.717) is 18.5 Å². The minimum atomic E-state index is 0. The van der Waals surface area contributed by atoms with Gasteiger partial charge in [0.25, 0.3) is 0 Å². The summed E-state index contributed by atoms with van der Waals surface area (Å²) in [6.45, 7) is 5.28. The molecule has 8 heteroatoms. The lowest BCUT2D eigenvalue weighted by atomic mass is 10.1. The van der Waals surface area contributed by atoms with E-state index in [2.05, 4.69) is 43.5 Å². The maximum atomic E-state index is 4.49. The minimum Gasteiger partial charge on any atom is -0.352 e. The summed E-state index contributed by atoms with van der Waals surface area (Å²) in [4.78, 5) is 15.6. The van der Waals surface area contributed by atoms with Crippen molar-refractivity contribution in [2.45, 2.75) is 38.4 Å². The average Bonchev–Trinajstić information content (AvgIpc) is 3.24. The van der Waals surface area contributed by atoms with E-state index in [1.165, 1.54) is 19.4 Å². The highest BCUT2D eigenvalue weighted by Gasteiger charge is 2.38. The van der Waals surface area contributed by atoms with Gasteiger partial charge in [-0.05, 0) is 24.8 Å². The first-order chi connectivity index (χ1) is 12.7. The van der Waals surface area contributed by atoms with E-state index in [4.69, 9.17) is 0 Å². The van der Waals surface area contributed by atoms with Crippen molar-refractivity contribution >= 4 is 29.9 Å². The van der Waals surface area contributed by atoms with Crippen LogP contribution in [-0.2, 0) is 6.54 Å². The van der Waals surface area contributed by atoms with Crippen LogP contribution in [0.15, 0.2) is 42.0 Å². The Balaban J connectivity index is 0.00000210. The Kier molecular flexibility index (Phi) is 6.69. The number of rotatable bonds is 5. The van der Waals surface area contributed by atoms with Crippen LogP contribution >= 0.6 is 24.0 Å². The summed E-state index contributed by atoms with van der Waals surface area (Å²) in [7, 11) is 1.83. The molecule has 2 fully saturated rings. The van der Waals surface area contributed by atoms with Crippen LogP contribution in [0.5, 0.6) is 0 Å². The lowest BCUT2D eigenvalue weighted by molar-refractivity contribution is 0.315. The van der Waals surface area contributed by atoms with Crippen molar-refractivity contribution < 1.29 is 0 Å². The average molecular weight is 481 g/mol. The van der Waals surface area contributed by atoms with Gasteiger partial charge in [-0.3, -0.25) is 14.5 Å². The van der Waals surface area contributed by atoms with Crippen LogP contribution in [0.25, 0.3) is 5.82 Å². The molecule has 2 aromatic rings. The van der Waals surface area contributed by atoms with Crippen LogP contribution < -0.4 is 10.6 Å². The third-order valence-electron chi connectivity index (χ3n) is 5.31. The Morgan fingerprint density at radius 3 is 2.85 bits per heavy atom. The normalized spacial score (nSPS) is 23.1. The lowest BCUT2D eigenvalue weighted by Gasteiger charge is -2.21. The van der Waals surface area contributed by atoms with Gasteiger partial charge >= 0.3 is 0 Å². The summed E-state index contributed by atoms with van der Waals surface area (Å²) in [5.74, 6) is 2.37. The van der Waals surface area contributed by atoms with Gasteiger partial charge in [-0.15, -0.1) is 24.0 Å². The van der Waals surface area contributed by atoms with E-state index in [1.54, 1.807) is 18.7 Å². The highest BCUT2D eigenvalue weighted by atomic mass is 127. The molecule has 0 amide bonds. The van der Waals surface area contributed by atoms with Crippen molar-refractivity contribution in [3.8, 4) is 5.82 Å². The van der Waals surface area contributed by atoms with Crippen molar-refractivity contribution in [2.24, 2.45) is 10.9 Å². The molecule has 2 unspecified atom stereocenters. The SMILES string of the molecule is CN=C(NCc1cccnc1-n1ccnc1)NC1CN(C2CC2)CC1C.I. The summed E-state index contributed by atoms with van der Waals surface area (Å²) >= 11 is 0. The number of nitrogens with zero attached hydrogens (tertiary/aromatic N) is 5. The second kappa shape index (κ2) is 9.01. The number of imidazole rings is 1. The van der Waals surface area contributed by atoms with Crippen LogP contribution in [0.4, 0.5) is 0 Å². The molecular formula is C19H28IN7. The molecule has 146 valence electrons. The van der Waals surface area contributed by atoms with Crippen LogP contribution in [-0.4, -0.2) is 57.6 Å². The van der Waals surface area contributed by atoms with Crippen molar-refractivity contribution in [3.05, 3.63) is 42.6 Å². The van der Waals surface area contributed by atoms with Gasteiger partial charge in [0.15, 0.2) is 5.96 Å². The number of hydrogen-bond donors (Lipinski definition) is 2. The second-order valence-electron chi connectivity index (χ2n) is 7.30. The molecule has 1 aliphatic carbocycles. The first-order valence-corrected chi connectivity index (χ1v) is 9.38. The van der Waals surface area contributed by atoms with Crippen molar-refractivity contribution in [3.63, 3.8) is 0 Å². The molecule has 0 spiro atoms. The van der Waals surface area contributed by atoms with Crippen LogP contribution in [0.3, 0.4) is 0 Å². The van der Waals surface area contributed by atoms with Crippen molar-refractivity contribution in [1.29, 1.82) is 0 Å². The molecule has 7 nitrogen and oxygen atoms in total. The van der Waals surface area contributed by atoms with E-state index in [0.717, 1.165) is 29.9 Å². The molecule has 1 saturated carbocycles. The van der Waals surface area contributed by atoms with Crippen LogP contribution in [0.1, 0.15) is 25.3 Å². The summed E-state index contributed by atoms with van der Waals surface area (Å²) in [6, 6.07) is 5.31. The first-order valence-electron chi connectivity index (χ1n) is 9.38. The Morgan fingerprint density at radius 2 is 2.15 bits per heavy atom. The zero-order chi connectivity index (χ0) is 17.9. The van der Waals surface area contributed by atoms with E-state index >= 15 is 0 Å². The van der Waals surface area contributed by atoms with Crippen molar-refractivity contribution in [1.82, 2.24) is 30.1 Å². The Hall–Kier alpha value is -1.68. The Morgan fingerprint density at radius 1 is 1.30 bits per heavy atom. The van der Waals surface area contributed by atoms with Gasteiger partial charge in [0.05, 0.1) is 0 Å². The number of likely N-dealkylation sites (tertiary alicyclic amines) is 1. The van der Waals surface area contributed by atoms with Gasteiger partial charge in [0.1, 0.15) is 12.1 Å². The smallest absolute Gasteiger partial charge is 0.191 e. The Labute approximate surface area is 177 Å². The summed E-state index contributed by atoms with van der Waals surface area (Å²) in [6.07, 6.45) is 9.98. The number of aromatic nitrogens is 3. The van der Waals surface area contributed by atoms with Gasteiger partial charge in [-0.2, -0.15) is 0 Å². The summed E-state index contributed by atoms with van der Waals surface area (Å²) in [5.41, 5.74) is 1.10. The number of pyridine rings is 1. The topological polar surface area (TPSA) is 70.4 Å². The molecule has 3 heterocycles. The van der Waals surface area contributed by atoms with Gasteiger partial charge in [0.2, 0.25) is 0 Å². The standard InChI is InChI=1S/C19H27N7.HI/c1-14-11-26(16-5-6-16)12-17(14)24-19(20-2)23-10-15-4-3-7-22-18(15)25-9-8-21-13-25;/h3-4,7-9,13-14,16-17H,5-6,10-12H2,1-2H3,(H2,20,23,24);1H. The van der Waals surface area contributed by atoms with Gasteiger partial charge in [-0.1, -0.05) is 13.0 Å². The van der Waals surface area contributed by atoms with Crippen LogP contribution in [0.2, 0.25) is 0 Å². The number of aliphatic imine (C=N–C) groups is 1. The zero-order valence-electron chi connectivity index (χ0n) is 15.9. The van der Waals surface area contributed by atoms with Gasteiger partial charge in [-0.25, -0.2) is 9.97 Å². The fraction of sp³-hybridized carbons (Fsp3) is 0.526. The number of guanidine groups is 1. The fourth-order valence-electron chi connectivity index (χ4n) is 3.66. The molecule has 0 aromatic carbocycles. The second-order valence-corrected chi connectivity index (χ2v) is 7.30. The quantitative estimate of drug-likeness (QED) is 0.389. The highest BCUT2D eigenvalue weighted by molar-refractivity contribution is 14.0. The molecular weight excluding hydrogens is 453 g/mol. The molecule has 27 heavy (non-hydrogen) atoms. The molecule has 2 aliphatic rings. The molecule has 2 aromatic heterocycles. The van der Waals surface area contributed by atoms with Crippen molar-refractivity contribution in [2.75, 3.05) is 20.1 Å². The molecule has 1 saturated heterocycles. The first kappa shape index (κ1) is 20.1. The molecule has 0 bridgehead atoms. The van der Waals surface area contributed by atoms with E-state index < -0.39 is 0 Å². The third-order valence-corrected chi connectivity index (χ3v) is 5.31. The zero-order valence-corrected chi connectivity index (χ0v) is 18.2. The van der Waals surface area contributed by atoms with E-state index in [9.17, 15) is 0 Å². The molecule has 2 atom stereocenters. The fourth-order valence-corrected chi connectivity index (χ4v) is 3.66. The monoisotopic (exact) mass is 481 g/mol. The lowest BCUT2D eigenvalue weighted by Crippen LogP contribution is -2.46. The van der Waals surface area contributed by atoms with Crippen LogP contribution in [0, 0.1) is 5.92 Å². The van der Waals surface area contributed by atoms with Gasteiger partial charge in [0, 0.05) is 62.9 Å². The number of hydrogen-bond acceptors (Lipinski definition) is 4. The minimum absolute atomic E-state index is 0. The Bertz CT molecular complexity index is 757. The molecule has 0 radical (unpaired) electrons. The largest absolute Gasteiger partial charge is 0.352 e.